The first kappa shape index (κ1) is 17.5. The predicted octanol–water partition coefficient (Wildman–Crippen LogP) is 3.64. The van der Waals surface area contributed by atoms with Crippen molar-refractivity contribution in [1.82, 2.24) is 4.31 Å². The molecule has 2 aromatic carbocycles. The average Bonchev–Trinajstić information content (AvgIpc) is 2.54. The first-order valence-corrected chi connectivity index (χ1v) is 9.53. The average molecular weight is 389 g/mol. The lowest BCUT2D eigenvalue weighted by atomic mass is 10.2. The van der Waals surface area contributed by atoms with E-state index in [0.717, 1.165) is 17.8 Å². The summed E-state index contributed by atoms with van der Waals surface area (Å²) in [6, 6.07) is 10.8. The fraction of sp³-hybridized carbons (Fsp3) is 0.250. The van der Waals surface area contributed by atoms with Crippen LogP contribution in [0.2, 0.25) is 10.0 Å². The van der Waals surface area contributed by atoms with E-state index in [1.54, 1.807) is 6.07 Å². The molecule has 24 heavy (non-hydrogen) atoms. The van der Waals surface area contributed by atoms with Gasteiger partial charge in [-0.2, -0.15) is 4.31 Å². The molecule has 1 heterocycles. The second-order valence-corrected chi connectivity index (χ2v) is 8.20. The van der Waals surface area contributed by atoms with Crippen LogP contribution in [0, 0.1) is 5.82 Å². The molecule has 2 aromatic rings. The molecule has 128 valence electrons. The SMILES string of the molecule is O=S(=O)(c1ccc(F)cc1Cl)N1CCN(c2cccc(Cl)c2)CC1. The zero-order chi connectivity index (χ0) is 17.3. The third-order valence-electron chi connectivity index (χ3n) is 3.92. The van der Waals surface area contributed by atoms with Crippen LogP contribution in [0.1, 0.15) is 0 Å². The fourth-order valence-corrected chi connectivity index (χ4v) is 4.79. The molecule has 1 fully saturated rings. The number of piperazine rings is 1. The molecule has 0 saturated carbocycles. The molecule has 0 bridgehead atoms. The molecule has 0 spiro atoms. The first-order chi connectivity index (χ1) is 11.4. The molecule has 0 radical (unpaired) electrons. The molecule has 0 unspecified atom stereocenters. The minimum absolute atomic E-state index is 0.0678. The van der Waals surface area contributed by atoms with Crippen molar-refractivity contribution in [2.75, 3.05) is 31.1 Å². The molecule has 0 aliphatic carbocycles. The molecule has 3 rings (SSSR count). The highest BCUT2D eigenvalue weighted by atomic mass is 35.5. The van der Waals surface area contributed by atoms with Crippen LogP contribution in [0.15, 0.2) is 47.4 Å². The monoisotopic (exact) mass is 388 g/mol. The van der Waals surface area contributed by atoms with Crippen LogP contribution < -0.4 is 4.90 Å². The summed E-state index contributed by atoms with van der Waals surface area (Å²) >= 11 is 11.9. The molecule has 8 heteroatoms. The van der Waals surface area contributed by atoms with E-state index in [4.69, 9.17) is 23.2 Å². The van der Waals surface area contributed by atoms with Crippen molar-refractivity contribution in [3.63, 3.8) is 0 Å². The predicted molar refractivity (Wildman–Crippen MR) is 93.8 cm³/mol. The highest BCUT2D eigenvalue weighted by Gasteiger charge is 2.30. The summed E-state index contributed by atoms with van der Waals surface area (Å²) in [7, 11) is -3.74. The Morgan fingerprint density at radius 3 is 2.29 bits per heavy atom. The topological polar surface area (TPSA) is 40.6 Å². The second-order valence-electron chi connectivity index (χ2n) is 5.45. The lowest BCUT2D eigenvalue weighted by Crippen LogP contribution is -2.48. The fourth-order valence-electron chi connectivity index (χ4n) is 2.68. The summed E-state index contributed by atoms with van der Waals surface area (Å²) in [6.45, 7) is 1.72. The second kappa shape index (κ2) is 6.88. The largest absolute Gasteiger partial charge is 0.369 e. The molecule has 1 aliphatic rings. The summed E-state index contributed by atoms with van der Waals surface area (Å²) < 4.78 is 39.9. The summed E-state index contributed by atoms with van der Waals surface area (Å²) in [4.78, 5) is 2.01. The van der Waals surface area contributed by atoms with Gasteiger partial charge in [-0.3, -0.25) is 0 Å². The number of hydrogen-bond acceptors (Lipinski definition) is 3. The van der Waals surface area contributed by atoms with Gasteiger partial charge in [0.15, 0.2) is 0 Å². The Bertz CT molecular complexity index is 853. The molecule has 0 N–H and O–H groups in total. The molecular weight excluding hydrogens is 374 g/mol. The Hall–Kier alpha value is -1.34. The van der Waals surface area contributed by atoms with E-state index in [9.17, 15) is 12.8 Å². The van der Waals surface area contributed by atoms with E-state index in [1.807, 2.05) is 18.2 Å². The van der Waals surface area contributed by atoms with Crippen LogP contribution in [0.3, 0.4) is 0 Å². The van der Waals surface area contributed by atoms with Gasteiger partial charge in [-0.1, -0.05) is 29.3 Å². The van der Waals surface area contributed by atoms with E-state index in [0.29, 0.717) is 31.2 Å². The first-order valence-electron chi connectivity index (χ1n) is 7.33. The number of anilines is 1. The highest BCUT2D eigenvalue weighted by molar-refractivity contribution is 7.89. The van der Waals surface area contributed by atoms with Crippen molar-refractivity contribution >= 4 is 38.9 Å². The number of benzene rings is 2. The number of hydrogen-bond donors (Lipinski definition) is 0. The number of sulfonamides is 1. The van der Waals surface area contributed by atoms with E-state index in [-0.39, 0.29) is 9.92 Å². The van der Waals surface area contributed by atoms with Crippen molar-refractivity contribution in [3.8, 4) is 0 Å². The van der Waals surface area contributed by atoms with Gasteiger partial charge in [0.1, 0.15) is 10.7 Å². The Balaban J connectivity index is 1.76. The summed E-state index contributed by atoms with van der Waals surface area (Å²) in [6.07, 6.45) is 0. The molecule has 1 aliphatic heterocycles. The molecule has 1 saturated heterocycles. The Morgan fingerprint density at radius 1 is 0.958 bits per heavy atom. The molecule has 0 amide bonds. The van der Waals surface area contributed by atoms with Crippen molar-refractivity contribution < 1.29 is 12.8 Å². The molecule has 4 nitrogen and oxygen atoms in total. The number of nitrogens with zero attached hydrogens (tertiary/aromatic N) is 2. The lowest BCUT2D eigenvalue weighted by molar-refractivity contribution is 0.385. The third-order valence-corrected chi connectivity index (χ3v) is 6.54. The zero-order valence-corrected chi connectivity index (χ0v) is 15.0. The summed E-state index contributed by atoms with van der Waals surface area (Å²) in [5.74, 6) is -0.565. The third kappa shape index (κ3) is 3.52. The maximum Gasteiger partial charge on any atom is 0.244 e. The Labute approximate surface area is 150 Å². The summed E-state index contributed by atoms with van der Waals surface area (Å²) in [5.41, 5.74) is 0.958. The van der Waals surface area contributed by atoms with E-state index in [2.05, 4.69) is 4.90 Å². The van der Waals surface area contributed by atoms with Crippen LogP contribution in [-0.4, -0.2) is 38.9 Å². The molecule has 0 atom stereocenters. The van der Waals surface area contributed by atoms with E-state index in [1.165, 1.54) is 10.4 Å². The van der Waals surface area contributed by atoms with Gasteiger partial charge in [-0.15, -0.1) is 0 Å². The molecule has 0 aromatic heterocycles. The zero-order valence-electron chi connectivity index (χ0n) is 12.6. The maximum absolute atomic E-state index is 13.1. The van der Waals surface area contributed by atoms with E-state index < -0.39 is 15.8 Å². The minimum atomic E-state index is -3.74. The minimum Gasteiger partial charge on any atom is -0.369 e. The van der Waals surface area contributed by atoms with Crippen LogP contribution in [0.4, 0.5) is 10.1 Å². The van der Waals surface area contributed by atoms with Gasteiger partial charge in [0.25, 0.3) is 0 Å². The van der Waals surface area contributed by atoms with Crippen LogP contribution in [0.5, 0.6) is 0 Å². The van der Waals surface area contributed by atoms with Gasteiger partial charge >= 0.3 is 0 Å². The maximum atomic E-state index is 13.1. The van der Waals surface area contributed by atoms with Crippen LogP contribution >= 0.6 is 23.2 Å². The highest BCUT2D eigenvalue weighted by Crippen LogP contribution is 2.27. The van der Waals surface area contributed by atoms with Crippen molar-refractivity contribution in [2.24, 2.45) is 0 Å². The lowest BCUT2D eigenvalue weighted by Gasteiger charge is -2.35. The van der Waals surface area contributed by atoms with Crippen molar-refractivity contribution in [1.29, 1.82) is 0 Å². The van der Waals surface area contributed by atoms with Crippen molar-refractivity contribution in [3.05, 3.63) is 58.3 Å². The van der Waals surface area contributed by atoms with Gasteiger partial charge in [0, 0.05) is 36.9 Å². The van der Waals surface area contributed by atoms with Crippen LogP contribution in [0.25, 0.3) is 0 Å². The van der Waals surface area contributed by atoms with Crippen LogP contribution in [-0.2, 0) is 10.0 Å². The number of halogens is 3. The summed E-state index contributed by atoms with van der Waals surface area (Å²) in [5, 5.41) is 0.535. The van der Waals surface area contributed by atoms with Gasteiger partial charge in [0.05, 0.1) is 5.02 Å². The van der Waals surface area contributed by atoms with Gasteiger partial charge in [-0.25, -0.2) is 12.8 Å². The quantitative estimate of drug-likeness (QED) is 0.805. The smallest absolute Gasteiger partial charge is 0.244 e. The number of rotatable bonds is 3. The Kier molecular flexibility index (Phi) is 5.01. The normalized spacial score (nSPS) is 16.4. The van der Waals surface area contributed by atoms with Crippen molar-refractivity contribution in [2.45, 2.75) is 4.90 Å². The van der Waals surface area contributed by atoms with Gasteiger partial charge in [-0.05, 0) is 36.4 Å². The standard InChI is InChI=1S/C16H15Cl2FN2O2S/c17-12-2-1-3-14(10-12)20-6-8-21(9-7-20)24(22,23)16-5-4-13(19)11-15(16)18/h1-5,10-11H,6-9H2. The van der Waals surface area contributed by atoms with Gasteiger partial charge < -0.3 is 4.90 Å². The van der Waals surface area contributed by atoms with E-state index >= 15 is 0 Å². The Morgan fingerprint density at radius 2 is 1.67 bits per heavy atom. The molecular formula is C16H15Cl2FN2O2S. The van der Waals surface area contributed by atoms with Gasteiger partial charge in [0.2, 0.25) is 10.0 Å².